The number of thiocyanates is 1. The first-order valence-corrected chi connectivity index (χ1v) is 5.57. The maximum Gasteiger partial charge on any atom is 0.412 e. The summed E-state index contributed by atoms with van der Waals surface area (Å²) >= 11 is 1.06. The molecule has 0 heterocycles. The summed E-state index contributed by atoms with van der Waals surface area (Å²) in [6, 6.07) is 6.89. The summed E-state index contributed by atoms with van der Waals surface area (Å²) in [5, 5.41) is 13.0. The summed E-state index contributed by atoms with van der Waals surface area (Å²) in [5.74, 6) is 5.24. The smallest absolute Gasteiger partial charge is 0.412 e. The van der Waals surface area contributed by atoms with E-state index < -0.39 is 6.09 Å². The van der Waals surface area contributed by atoms with Crippen LogP contribution in [0.25, 0.3) is 0 Å². The number of thioether (sulfide) groups is 1. The largest absolute Gasteiger partial charge is 0.436 e. The number of ether oxygens (including phenoxy) is 1. The average molecular weight is 246 g/mol. The molecule has 0 aliphatic heterocycles. The van der Waals surface area contributed by atoms with Crippen LogP contribution in [0.4, 0.5) is 10.5 Å². The van der Waals surface area contributed by atoms with Crippen molar-refractivity contribution in [1.82, 2.24) is 0 Å². The molecule has 0 atom stereocenters. The fourth-order valence-corrected chi connectivity index (χ4v) is 1.36. The Bertz CT molecular complexity index is 480. The fraction of sp³-hybridized carbons (Fsp3) is 0.167. The molecule has 1 rings (SSSR count). The van der Waals surface area contributed by atoms with Gasteiger partial charge in [-0.1, -0.05) is 5.92 Å². The second-order valence-corrected chi connectivity index (χ2v) is 3.70. The number of nitriles is 1. The van der Waals surface area contributed by atoms with Crippen LogP contribution in [0, 0.1) is 22.5 Å². The van der Waals surface area contributed by atoms with Crippen molar-refractivity contribution in [2.75, 3.05) is 11.9 Å². The van der Waals surface area contributed by atoms with Crippen LogP contribution in [0.1, 0.15) is 6.92 Å². The lowest BCUT2D eigenvalue weighted by molar-refractivity contribution is 0.176. The Morgan fingerprint density at radius 3 is 2.76 bits per heavy atom. The number of carbonyl (C=O) groups is 1. The Balaban J connectivity index is 2.48. The van der Waals surface area contributed by atoms with E-state index in [2.05, 4.69) is 17.2 Å². The lowest BCUT2D eigenvalue weighted by Gasteiger charge is -2.04. The molecule has 1 aromatic rings. The number of nitrogens with one attached hydrogen (secondary N) is 1. The van der Waals surface area contributed by atoms with E-state index >= 15 is 0 Å². The molecule has 1 aromatic carbocycles. The molecular formula is C12H10N2O2S. The van der Waals surface area contributed by atoms with Crippen molar-refractivity contribution in [3.63, 3.8) is 0 Å². The molecule has 1 amide bonds. The van der Waals surface area contributed by atoms with Crippen LogP contribution in [0.5, 0.6) is 0 Å². The number of anilines is 1. The van der Waals surface area contributed by atoms with Gasteiger partial charge in [0.05, 0.1) is 0 Å². The maximum atomic E-state index is 11.2. The molecule has 0 unspecified atom stereocenters. The summed E-state index contributed by atoms with van der Waals surface area (Å²) in [7, 11) is 0. The van der Waals surface area contributed by atoms with Crippen LogP contribution < -0.4 is 5.32 Å². The maximum absolute atomic E-state index is 11.2. The van der Waals surface area contributed by atoms with E-state index in [1.54, 1.807) is 31.2 Å². The SMILES string of the molecule is CC#CCOC(=O)Nc1ccc(SC#N)cc1. The standard InChI is InChI=1S/C12H10N2O2S/c1-2-3-8-16-12(15)14-10-4-6-11(7-5-10)17-9-13/h4-7H,8H2,1H3,(H,14,15). The van der Waals surface area contributed by atoms with Crippen LogP contribution in [-0.4, -0.2) is 12.7 Å². The zero-order chi connectivity index (χ0) is 12.5. The molecule has 1 N–H and O–H groups in total. The van der Waals surface area contributed by atoms with E-state index in [4.69, 9.17) is 10.00 Å². The number of rotatable bonds is 3. The second-order valence-electron chi connectivity index (χ2n) is 2.85. The Morgan fingerprint density at radius 2 is 2.18 bits per heavy atom. The topological polar surface area (TPSA) is 62.1 Å². The number of nitrogens with zero attached hydrogens (tertiary/aromatic N) is 1. The van der Waals surface area contributed by atoms with Crippen molar-refractivity contribution in [2.24, 2.45) is 0 Å². The quantitative estimate of drug-likeness (QED) is 0.506. The molecule has 0 saturated carbocycles. The minimum atomic E-state index is -0.548. The van der Waals surface area contributed by atoms with Crippen LogP contribution >= 0.6 is 11.8 Å². The minimum absolute atomic E-state index is 0.0741. The van der Waals surface area contributed by atoms with Gasteiger partial charge in [0, 0.05) is 10.6 Å². The summed E-state index contributed by atoms with van der Waals surface area (Å²) in [6.45, 7) is 1.75. The molecule has 17 heavy (non-hydrogen) atoms. The van der Waals surface area contributed by atoms with Gasteiger partial charge in [0.25, 0.3) is 0 Å². The molecule has 0 fully saturated rings. The van der Waals surface area contributed by atoms with Crippen LogP contribution in [0.3, 0.4) is 0 Å². The molecule has 0 aliphatic carbocycles. The zero-order valence-corrected chi connectivity index (χ0v) is 10.0. The Hall–Kier alpha value is -2.11. The first kappa shape index (κ1) is 13.0. The first-order valence-electron chi connectivity index (χ1n) is 4.75. The zero-order valence-electron chi connectivity index (χ0n) is 9.19. The van der Waals surface area contributed by atoms with Gasteiger partial charge < -0.3 is 4.74 Å². The van der Waals surface area contributed by atoms with E-state index in [1.165, 1.54) is 0 Å². The monoisotopic (exact) mass is 246 g/mol. The van der Waals surface area contributed by atoms with Gasteiger partial charge >= 0.3 is 6.09 Å². The van der Waals surface area contributed by atoms with Crippen molar-refractivity contribution >= 4 is 23.5 Å². The van der Waals surface area contributed by atoms with Gasteiger partial charge in [-0.25, -0.2) is 4.79 Å². The lowest BCUT2D eigenvalue weighted by Crippen LogP contribution is -2.13. The fourth-order valence-electron chi connectivity index (χ4n) is 0.987. The van der Waals surface area contributed by atoms with Crippen LogP contribution in [-0.2, 0) is 4.74 Å². The number of amides is 1. The Morgan fingerprint density at radius 1 is 1.47 bits per heavy atom. The number of hydrogen-bond acceptors (Lipinski definition) is 4. The number of hydrogen-bond donors (Lipinski definition) is 1. The van der Waals surface area contributed by atoms with Gasteiger partial charge in [-0.15, -0.1) is 5.92 Å². The minimum Gasteiger partial charge on any atom is -0.436 e. The first-order chi connectivity index (χ1) is 8.26. The molecule has 0 bridgehead atoms. The van der Waals surface area contributed by atoms with E-state index in [9.17, 15) is 4.79 Å². The van der Waals surface area contributed by atoms with Crippen molar-refractivity contribution in [3.8, 4) is 17.2 Å². The molecule has 0 saturated heterocycles. The second kappa shape index (κ2) is 7.21. The van der Waals surface area contributed by atoms with Gasteiger partial charge in [-0.3, -0.25) is 5.32 Å². The molecule has 0 aromatic heterocycles. The van der Waals surface area contributed by atoms with Gasteiger partial charge in [0.1, 0.15) is 5.40 Å². The van der Waals surface area contributed by atoms with Crippen molar-refractivity contribution < 1.29 is 9.53 Å². The van der Waals surface area contributed by atoms with E-state index in [1.807, 2.05) is 5.40 Å². The van der Waals surface area contributed by atoms with Crippen LogP contribution in [0.2, 0.25) is 0 Å². The predicted molar refractivity (Wildman–Crippen MR) is 66.3 cm³/mol. The summed E-state index contributed by atoms with van der Waals surface area (Å²) < 4.78 is 4.78. The van der Waals surface area contributed by atoms with E-state index in [0.717, 1.165) is 16.7 Å². The molecule has 0 aliphatic rings. The third-order valence-corrected chi connectivity index (χ3v) is 2.32. The summed E-state index contributed by atoms with van der Waals surface area (Å²) in [6.07, 6.45) is -0.548. The highest BCUT2D eigenvalue weighted by atomic mass is 32.2. The summed E-state index contributed by atoms with van der Waals surface area (Å²) in [5.41, 5.74) is 0.613. The van der Waals surface area contributed by atoms with Gasteiger partial charge in [-0.05, 0) is 43.0 Å². The molecular weight excluding hydrogens is 236 g/mol. The van der Waals surface area contributed by atoms with Gasteiger partial charge in [0.15, 0.2) is 6.61 Å². The normalized spacial score (nSPS) is 8.47. The number of carbonyl (C=O) groups excluding carboxylic acids is 1. The highest BCUT2D eigenvalue weighted by Gasteiger charge is 2.01. The molecule has 4 nitrogen and oxygen atoms in total. The van der Waals surface area contributed by atoms with Gasteiger partial charge in [-0.2, -0.15) is 5.26 Å². The van der Waals surface area contributed by atoms with E-state index in [0.29, 0.717) is 5.69 Å². The predicted octanol–water partition coefficient (Wildman–Crippen LogP) is 2.83. The third-order valence-electron chi connectivity index (χ3n) is 1.72. The summed E-state index contributed by atoms with van der Waals surface area (Å²) in [4.78, 5) is 12.1. The lowest BCUT2D eigenvalue weighted by atomic mass is 10.3. The van der Waals surface area contributed by atoms with Crippen LogP contribution in [0.15, 0.2) is 29.2 Å². The van der Waals surface area contributed by atoms with Crippen molar-refractivity contribution in [2.45, 2.75) is 11.8 Å². The molecule has 5 heteroatoms. The average Bonchev–Trinajstić information content (AvgIpc) is 2.32. The number of benzene rings is 1. The van der Waals surface area contributed by atoms with Gasteiger partial charge in [0.2, 0.25) is 0 Å². The molecule has 86 valence electrons. The Kier molecular flexibility index (Phi) is 5.50. The molecule has 0 radical (unpaired) electrons. The molecule has 0 spiro atoms. The van der Waals surface area contributed by atoms with E-state index in [-0.39, 0.29) is 6.61 Å². The highest BCUT2D eigenvalue weighted by Crippen LogP contribution is 2.18. The van der Waals surface area contributed by atoms with Crippen molar-refractivity contribution in [1.29, 1.82) is 5.26 Å². The van der Waals surface area contributed by atoms with Crippen molar-refractivity contribution in [3.05, 3.63) is 24.3 Å². The third kappa shape index (κ3) is 4.96. The highest BCUT2D eigenvalue weighted by molar-refractivity contribution is 8.03. The Labute approximate surface area is 104 Å².